The number of halogens is 2. The van der Waals surface area contributed by atoms with E-state index in [0.29, 0.717) is 11.4 Å². The summed E-state index contributed by atoms with van der Waals surface area (Å²) in [6.45, 7) is 0. The predicted molar refractivity (Wildman–Crippen MR) is 108 cm³/mol. The molecule has 0 aliphatic heterocycles. The fraction of sp³-hybridized carbons (Fsp3) is 0.0588. The number of ether oxygens (including phenoxy) is 1. The molecule has 0 saturated heterocycles. The van der Waals surface area contributed by atoms with Crippen LogP contribution in [0.25, 0.3) is 22.7 Å². The summed E-state index contributed by atoms with van der Waals surface area (Å²) in [5.41, 5.74) is 3.08. The highest BCUT2D eigenvalue weighted by Gasteiger charge is 2.12. The number of benzene rings is 2. The third-order valence-electron chi connectivity index (χ3n) is 3.31. The topological polar surface area (TPSA) is 61.7 Å². The molecule has 0 aliphatic carbocycles. The lowest BCUT2D eigenvalue weighted by Crippen LogP contribution is -1.93. The Bertz CT molecular complexity index is 921. The monoisotopic (exact) mass is 527 g/mol. The van der Waals surface area contributed by atoms with Gasteiger partial charge in [-0.15, -0.1) is 0 Å². The van der Waals surface area contributed by atoms with Gasteiger partial charge in [0.25, 0.3) is 0 Å². The van der Waals surface area contributed by atoms with Gasteiger partial charge < -0.3 is 9.72 Å². The molecule has 3 rings (SSSR count). The molecule has 0 radical (unpaired) electrons. The first-order chi connectivity index (χ1) is 11.1. The molecule has 0 fully saturated rings. The van der Waals surface area contributed by atoms with Gasteiger partial charge in [0.1, 0.15) is 17.6 Å². The quantitative estimate of drug-likeness (QED) is 0.392. The molecule has 0 amide bonds. The lowest BCUT2D eigenvalue weighted by atomic mass is 10.1. The zero-order valence-corrected chi connectivity index (χ0v) is 16.4. The fourth-order valence-corrected chi connectivity index (χ4v) is 4.40. The highest BCUT2D eigenvalue weighted by Crippen LogP contribution is 2.31. The third-order valence-corrected chi connectivity index (χ3v) is 4.73. The first-order valence-corrected chi connectivity index (χ1v) is 8.88. The Morgan fingerprint density at radius 2 is 2.09 bits per heavy atom. The second-order valence-corrected chi connectivity index (χ2v) is 7.19. The van der Waals surface area contributed by atoms with E-state index in [0.717, 1.165) is 29.5 Å². The minimum Gasteiger partial charge on any atom is -0.495 e. The zero-order valence-electron chi connectivity index (χ0n) is 12.1. The number of hydrogen-bond donors (Lipinski definition) is 1. The number of H-pyrrole nitrogens is 1. The van der Waals surface area contributed by atoms with Crippen LogP contribution in [0.1, 0.15) is 11.4 Å². The van der Waals surface area contributed by atoms with Crippen molar-refractivity contribution < 1.29 is 4.74 Å². The Labute approximate surface area is 160 Å². The van der Waals surface area contributed by atoms with Crippen LogP contribution in [0.3, 0.4) is 0 Å². The van der Waals surface area contributed by atoms with Gasteiger partial charge in [0.2, 0.25) is 0 Å². The summed E-state index contributed by atoms with van der Waals surface area (Å²) in [4.78, 5) is 7.68. The maximum Gasteiger partial charge on any atom is 0.149 e. The number of imidazole rings is 1. The van der Waals surface area contributed by atoms with Crippen LogP contribution >= 0.6 is 45.2 Å². The van der Waals surface area contributed by atoms with Crippen molar-refractivity contribution in [3.05, 3.63) is 54.9 Å². The standard InChI is InChI=1S/C17H11I2N3O/c1-23-16-10(7-12(18)8-13(16)19)6-11(9-20)17-21-14-4-2-3-5-15(14)22-17/h2-8H,1H3,(H,21,22)/b11-6+. The van der Waals surface area contributed by atoms with Crippen LogP contribution in [-0.2, 0) is 0 Å². The molecule has 0 atom stereocenters. The van der Waals surface area contributed by atoms with Crippen molar-refractivity contribution in [2.24, 2.45) is 0 Å². The van der Waals surface area contributed by atoms with Gasteiger partial charge in [-0.05, 0) is 75.5 Å². The van der Waals surface area contributed by atoms with Crippen LogP contribution in [0.2, 0.25) is 0 Å². The van der Waals surface area contributed by atoms with Crippen LogP contribution in [0.15, 0.2) is 36.4 Å². The maximum absolute atomic E-state index is 9.55. The van der Waals surface area contributed by atoms with Gasteiger partial charge in [-0.25, -0.2) is 4.98 Å². The van der Waals surface area contributed by atoms with Crippen LogP contribution < -0.4 is 4.74 Å². The lowest BCUT2D eigenvalue weighted by Gasteiger charge is -2.08. The Kier molecular flexibility index (Phi) is 4.87. The Morgan fingerprint density at radius 3 is 2.78 bits per heavy atom. The van der Waals surface area contributed by atoms with E-state index in [2.05, 4.69) is 61.2 Å². The molecule has 4 nitrogen and oxygen atoms in total. The number of nitrogens with one attached hydrogen (secondary N) is 1. The number of aromatic amines is 1. The van der Waals surface area contributed by atoms with E-state index < -0.39 is 0 Å². The van der Waals surface area contributed by atoms with Gasteiger partial charge in [0.05, 0.1) is 27.3 Å². The van der Waals surface area contributed by atoms with Gasteiger partial charge in [-0.3, -0.25) is 0 Å². The van der Waals surface area contributed by atoms with E-state index in [1.54, 1.807) is 13.2 Å². The summed E-state index contributed by atoms with van der Waals surface area (Å²) in [5.74, 6) is 1.32. The summed E-state index contributed by atoms with van der Waals surface area (Å²) >= 11 is 4.48. The number of nitriles is 1. The number of hydrogen-bond acceptors (Lipinski definition) is 3. The molecule has 6 heteroatoms. The Hall–Kier alpha value is -1.60. The van der Waals surface area contributed by atoms with E-state index in [4.69, 9.17) is 4.74 Å². The molecular formula is C17H11I2N3O. The number of para-hydroxylation sites is 2. The molecule has 23 heavy (non-hydrogen) atoms. The number of allylic oxidation sites excluding steroid dienone is 1. The minimum absolute atomic E-state index is 0.470. The molecule has 1 heterocycles. The maximum atomic E-state index is 9.55. The second kappa shape index (κ2) is 6.88. The van der Waals surface area contributed by atoms with Crippen molar-refractivity contribution in [1.29, 1.82) is 5.26 Å². The molecule has 3 aromatic rings. The zero-order chi connectivity index (χ0) is 16.4. The summed E-state index contributed by atoms with van der Waals surface area (Å²) < 4.78 is 7.56. The summed E-state index contributed by atoms with van der Waals surface area (Å²) in [6.07, 6.45) is 1.81. The first-order valence-electron chi connectivity index (χ1n) is 6.72. The van der Waals surface area contributed by atoms with Gasteiger partial charge in [-0.2, -0.15) is 5.26 Å². The molecule has 0 unspecified atom stereocenters. The SMILES string of the molecule is COc1c(I)cc(I)cc1/C=C(\C#N)c1nc2ccccc2[nH]1. The number of fused-ring (bicyclic) bond motifs is 1. The molecular weight excluding hydrogens is 516 g/mol. The summed E-state index contributed by atoms with van der Waals surface area (Å²) in [6, 6.07) is 14.0. The molecule has 1 aromatic heterocycles. The van der Waals surface area contributed by atoms with Gasteiger partial charge >= 0.3 is 0 Å². The number of methoxy groups -OCH3 is 1. The van der Waals surface area contributed by atoms with E-state index in [9.17, 15) is 5.26 Å². The van der Waals surface area contributed by atoms with Crippen molar-refractivity contribution in [3.8, 4) is 11.8 Å². The van der Waals surface area contributed by atoms with Crippen molar-refractivity contribution >= 4 is 67.9 Å². The lowest BCUT2D eigenvalue weighted by molar-refractivity contribution is 0.411. The molecule has 0 aliphatic rings. The van der Waals surface area contributed by atoms with Crippen molar-refractivity contribution in [2.75, 3.05) is 7.11 Å². The second-order valence-electron chi connectivity index (χ2n) is 4.78. The average molecular weight is 527 g/mol. The molecule has 1 N–H and O–H groups in total. The van der Waals surface area contributed by atoms with Gasteiger partial charge in [0.15, 0.2) is 0 Å². The number of rotatable bonds is 3. The van der Waals surface area contributed by atoms with Crippen molar-refractivity contribution in [3.63, 3.8) is 0 Å². The third kappa shape index (κ3) is 3.35. The largest absolute Gasteiger partial charge is 0.495 e. The highest BCUT2D eigenvalue weighted by molar-refractivity contribution is 14.1. The number of aromatic nitrogens is 2. The summed E-state index contributed by atoms with van der Waals surface area (Å²) in [7, 11) is 1.63. The van der Waals surface area contributed by atoms with E-state index in [1.807, 2.05) is 36.4 Å². The highest BCUT2D eigenvalue weighted by atomic mass is 127. The summed E-state index contributed by atoms with van der Waals surface area (Å²) in [5, 5.41) is 9.55. The molecule has 0 spiro atoms. The van der Waals surface area contributed by atoms with E-state index >= 15 is 0 Å². The van der Waals surface area contributed by atoms with Crippen molar-refractivity contribution in [1.82, 2.24) is 9.97 Å². The molecule has 2 aromatic carbocycles. The average Bonchev–Trinajstić information content (AvgIpc) is 2.95. The van der Waals surface area contributed by atoms with Crippen molar-refractivity contribution in [2.45, 2.75) is 0 Å². The van der Waals surface area contributed by atoms with Gasteiger partial charge in [0, 0.05) is 9.13 Å². The van der Waals surface area contributed by atoms with Crippen LogP contribution in [-0.4, -0.2) is 17.1 Å². The predicted octanol–water partition coefficient (Wildman–Crippen LogP) is 4.84. The molecule has 0 bridgehead atoms. The minimum atomic E-state index is 0.470. The fourth-order valence-electron chi connectivity index (χ4n) is 2.29. The molecule has 0 saturated carbocycles. The van der Waals surface area contributed by atoms with Crippen LogP contribution in [0.4, 0.5) is 0 Å². The van der Waals surface area contributed by atoms with Crippen LogP contribution in [0, 0.1) is 18.5 Å². The van der Waals surface area contributed by atoms with E-state index in [-0.39, 0.29) is 0 Å². The molecule has 114 valence electrons. The Balaban J connectivity index is 2.14. The van der Waals surface area contributed by atoms with E-state index in [1.165, 1.54) is 0 Å². The Morgan fingerprint density at radius 1 is 1.30 bits per heavy atom. The normalized spacial score (nSPS) is 11.5. The smallest absolute Gasteiger partial charge is 0.149 e. The number of nitrogens with zero attached hydrogens (tertiary/aromatic N) is 2. The van der Waals surface area contributed by atoms with Gasteiger partial charge in [-0.1, -0.05) is 12.1 Å². The van der Waals surface area contributed by atoms with Crippen LogP contribution in [0.5, 0.6) is 5.75 Å². The first kappa shape index (κ1) is 16.3.